The molecule has 4 heteroatoms. The highest BCUT2D eigenvalue weighted by Gasteiger charge is 2.37. The van der Waals surface area contributed by atoms with Crippen LogP contribution in [0.5, 0.6) is 0 Å². The summed E-state index contributed by atoms with van der Waals surface area (Å²) in [6.07, 6.45) is 3.22. The molecule has 0 radical (unpaired) electrons. The van der Waals surface area contributed by atoms with Crippen LogP contribution in [0.1, 0.15) is 50.3 Å². The molecule has 1 aliphatic heterocycles. The minimum atomic E-state index is -0.524. The quantitative estimate of drug-likeness (QED) is 0.839. The molecule has 0 aromatic heterocycles. The van der Waals surface area contributed by atoms with Gasteiger partial charge >= 0.3 is 0 Å². The fourth-order valence-electron chi connectivity index (χ4n) is 2.65. The monoisotopic (exact) mass is 274 g/mol. The summed E-state index contributed by atoms with van der Waals surface area (Å²) in [6.45, 7) is 6.31. The number of fused-ring (bicyclic) bond motifs is 1. The highest BCUT2D eigenvalue weighted by atomic mass is 16.2. The summed E-state index contributed by atoms with van der Waals surface area (Å²) in [5.74, 6) is -0.192. The van der Waals surface area contributed by atoms with Crippen molar-refractivity contribution >= 4 is 17.5 Å². The van der Waals surface area contributed by atoms with Crippen molar-refractivity contribution in [2.24, 2.45) is 0 Å². The normalized spacial score (nSPS) is 17.2. The Morgan fingerprint density at radius 1 is 1.35 bits per heavy atom. The molecule has 0 saturated heterocycles. The zero-order valence-corrected chi connectivity index (χ0v) is 12.4. The first-order valence-electron chi connectivity index (χ1n) is 7.23. The van der Waals surface area contributed by atoms with Gasteiger partial charge in [-0.2, -0.15) is 0 Å². The molecule has 0 aliphatic carbocycles. The van der Waals surface area contributed by atoms with Crippen LogP contribution in [0.15, 0.2) is 18.2 Å². The summed E-state index contributed by atoms with van der Waals surface area (Å²) in [5.41, 5.74) is 2.96. The Balaban J connectivity index is 2.28. The molecule has 20 heavy (non-hydrogen) atoms. The third-order valence-corrected chi connectivity index (χ3v) is 3.63. The maximum Gasteiger partial charge on any atom is 0.254 e. The van der Waals surface area contributed by atoms with Gasteiger partial charge in [-0.25, -0.2) is 0 Å². The van der Waals surface area contributed by atoms with Gasteiger partial charge < -0.3 is 10.2 Å². The number of unbranched alkanes of at least 4 members (excludes halogenated alkanes) is 2. The number of benzene rings is 1. The number of carbonyl (C=O) groups excluding carboxylic acids is 2. The summed E-state index contributed by atoms with van der Waals surface area (Å²) in [7, 11) is 0. The van der Waals surface area contributed by atoms with E-state index >= 15 is 0 Å². The summed E-state index contributed by atoms with van der Waals surface area (Å²) < 4.78 is 0. The second kappa shape index (κ2) is 6.07. The van der Waals surface area contributed by atoms with E-state index < -0.39 is 6.04 Å². The van der Waals surface area contributed by atoms with Crippen molar-refractivity contribution in [1.29, 1.82) is 0 Å². The summed E-state index contributed by atoms with van der Waals surface area (Å²) in [6, 6.07) is 5.46. The van der Waals surface area contributed by atoms with Crippen molar-refractivity contribution < 1.29 is 9.59 Å². The SMILES string of the molecule is CCCCCN1C(=O)[C@H](NC(C)=O)c2cc(C)ccc21. The number of carbonyl (C=O) groups is 2. The lowest BCUT2D eigenvalue weighted by molar-refractivity contribution is -0.126. The molecule has 1 N–H and O–H groups in total. The average Bonchev–Trinajstić information content (AvgIpc) is 2.63. The molecule has 0 bridgehead atoms. The Morgan fingerprint density at radius 2 is 2.10 bits per heavy atom. The molecular formula is C16H22N2O2. The van der Waals surface area contributed by atoms with Crippen molar-refractivity contribution in [3.8, 4) is 0 Å². The van der Waals surface area contributed by atoms with Crippen LogP contribution in [-0.4, -0.2) is 18.4 Å². The van der Waals surface area contributed by atoms with E-state index in [1.807, 2.05) is 30.0 Å². The van der Waals surface area contributed by atoms with E-state index in [1.165, 1.54) is 6.92 Å². The van der Waals surface area contributed by atoms with E-state index in [2.05, 4.69) is 12.2 Å². The third-order valence-electron chi connectivity index (χ3n) is 3.63. The third kappa shape index (κ3) is 2.84. The van der Waals surface area contributed by atoms with Crippen LogP contribution in [0.25, 0.3) is 0 Å². The molecule has 1 aromatic carbocycles. The molecule has 108 valence electrons. The lowest BCUT2D eigenvalue weighted by Crippen LogP contribution is -2.37. The minimum absolute atomic E-state index is 0.0168. The van der Waals surface area contributed by atoms with Crippen molar-refractivity contribution in [3.05, 3.63) is 29.3 Å². The summed E-state index contributed by atoms with van der Waals surface area (Å²) in [4.78, 5) is 25.7. The molecule has 1 aliphatic rings. The Kier molecular flexibility index (Phi) is 4.42. The first-order chi connectivity index (χ1) is 9.54. The van der Waals surface area contributed by atoms with Crippen LogP contribution in [0.3, 0.4) is 0 Å². The molecule has 0 unspecified atom stereocenters. The molecule has 0 saturated carbocycles. The van der Waals surface area contributed by atoms with E-state index in [1.54, 1.807) is 0 Å². The number of rotatable bonds is 5. The maximum atomic E-state index is 12.5. The van der Waals surface area contributed by atoms with Gasteiger partial charge in [0.15, 0.2) is 0 Å². The Labute approximate surface area is 120 Å². The van der Waals surface area contributed by atoms with Crippen molar-refractivity contribution in [3.63, 3.8) is 0 Å². The number of hydrogen-bond acceptors (Lipinski definition) is 2. The van der Waals surface area contributed by atoms with E-state index in [9.17, 15) is 9.59 Å². The summed E-state index contributed by atoms with van der Waals surface area (Å²) >= 11 is 0. The molecule has 2 rings (SSSR count). The fraction of sp³-hybridized carbons (Fsp3) is 0.500. The van der Waals surface area contributed by atoms with Crippen LogP contribution in [-0.2, 0) is 9.59 Å². The first kappa shape index (κ1) is 14.6. The van der Waals surface area contributed by atoms with Gasteiger partial charge in [0.2, 0.25) is 5.91 Å². The number of anilines is 1. The van der Waals surface area contributed by atoms with Gasteiger partial charge in [-0.05, 0) is 19.4 Å². The topological polar surface area (TPSA) is 49.4 Å². The lowest BCUT2D eigenvalue weighted by atomic mass is 10.1. The minimum Gasteiger partial charge on any atom is -0.341 e. The molecule has 1 heterocycles. The second-order valence-corrected chi connectivity index (χ2v) is 5.39. The number of amides is 2. The molecular weight excluding hydrogens is 252 g/mol. The number of aryl methyl sites for hydroxylation is 1. The summed E-state index contributed by atoms with van der Waals surface area (Å²) in [5, 5.41) is 2.77. The highest BCUT2D eigenvalue weighted by Crippen LogP contribution is 2.36. The van der Waals surface area contributed by atoms with E-state index in [0.29, 0.717) is 0 Å². The van der Waals surface area contributed by atoms with E-state index in [4.69, 9.17) is 0 Å². The smallest absolute Gasteiger partial charge is 0.254 e. The fourth-order valence-corrected chi connectivity index (χ4v) is 2.65. The maximum absolute atomic E-state index is 12.5. The van der Waals surface area contributed by atoms with Crippen LogP contribution < -0.4 is 10.2 Å². The van der Waals surface area contributed by atoms with Crippen molar-refractivity contribution in [2.45, 2.75) is 46.1 Å². The molecule has 0 fully saturated rings. The standard InChI is InChI=1S/C16H22N2O2/c1-4-5-6-9-18-14-8-7-11(2)10-13(14)15(16(18)20)17-12(3)19/h7-8,10,15H,4-6,9H2,1-3H3,(H,17,19)/t15-/m1/s1. The molecule has 4 nitrogen and oxygen atoms in total. The van der Waals surface area contributed by atoms with Crippen LogP contribution in [0.2, 0.25) is 0 Å². The van der Waals surface area contributed by atoms with Crippen LogP contribution in [0.4, 0.5) is 5.69 Å². The molecule has 2 amide bonds. The first-order valence-corrected chi connectivity index (χ1v) is 7.23. The Bertz CT molecular complexity index is 525. The van der Waals surface area contributed by atoms with Gasteiger partial charge in [0.25, 0.3) is 5.91 Å². The van der Waals surface area contributed by atoms with Gasteiger partial charge in [0.05, 0.1) is 0 Å². The highest BCUT2D eigenvalue weighted by molar-refractivity contribution is 6.06. The van der Waals surface area contributed by atoms with Gasteiger partial charge in [-0.15, -0.1) is 0 Å². The predicted octanol–water partition coefficient (Wildman–Crippen LogP) is 2.71. The van der Waals surface area contributed by atoms with Crippen LogP contribution in [0, 0.1) is 6.92 Å². The van der Waals surface area contributed by atoms with Crippen LogP contribution >= 0.6 is 0 Å². The number of hydrogen-bond donors (Lipinski definition) is 1. The van der Waals surface area contributed by atoms with Crippen molar-refractivity contribution in [1.82, 2.24) is 5.32 Å². The average molecular weight is 274 g/mol. The van der Waals surface area contributed by atoms with E-state index in [0.717, 1.165) is 42.6 Å². The zero-order chi connectivity index (χ0) is 14.7. The van der Waals surface area contributed by atoms with Gasteiger partial charge in [-0.3, -0.25) is 9.59 Å². The molecule has 0 spiro atoms. The number of nitrogens with one attached hydrogen (secondary N) is 1. The largest absolute Gasteiger partial charge is 0.341 e. The second-order valence-electron chi connectivity index (χ2n) is 5.39. The molecule has 1 atom stereocenters. The predicted molar refractivity (Wildman–Crippen MR) is 79.6 cm³/mol. The molecule has 1 aromatic rings. The van der Waals surface area contributed by atoms with Gasteiger partial charge in [0.1, 0.15) is 6.04 Å². The van der Waals surface area contributed by atoms with E-state index in [-0.39, 0.29) is 11.8 Å². The van der Waals surface area contributed by atoms with Gasteiger partial charge in [0, 0.05) is 24.7 Å². The Morgan fingerprint density at radius 3 is 2.75 bits per heavy atom. The number of nitrogens with zero attached hydrogens (tertiary/aromatic N) is 1. The Hall–Kier alpha value is -1.84. The zero-order valence-electron chi connectivity index (χ0n) is 12.4. The van der Waals surface area contributed by atoms with Crippen molar-refractivity contribution in [2.75, 3.05) is 11.4 Å². The van der Waals surface area contributed by atoms with Gasteiger partial charge in [-0.1, -0.05) is 37.5 Å². The lowest BCUT2D eigenvalue weighted by Gasteiger charge is -2.17.